The summed E-state index contributed by atoms with van der Waals surface area (Å²) in [4.78, 5) is 0. The Labute approximate surface area is 71.6 Å². The zero-order chi connectivity index (χ0) is 8.43. The molecule has 0 saturated heterocycles. The van der Waals surface area contributed by atoms with E-state index in [0.29, 0.717) is 5.02 Å². The molecule has 0 N–H and O–H groups in total. The van der Waals surface area contributed by atoms with Crippen LogP contribution in [0.3, 0.4) is 0 Å². The number of benzene rings is 1. The van der Waals surface area contributed by atoms with Gasteiger partial charge in [-0.2, -0.15) is 0 Å². The van der Waals surface area contributed by atoms with Crippen LogP contribution in [0.25, 0.3) is 0 Å². The Morgan fingerprint density at radius 3 is 2.45 bits per heavy atom. The van der Waals surface area contributed by atoms with Gasteiger partial charge in [0.2, 0.25) is 0 Å². The molecule has 0 heterocycles. The van der Waals surface area contributed by atoms with Crippen molar-refractivity contribution >= 4 is 11.6 Å². The van der Waals surface area contributed by atoms with Gasteiger partial charge >= 0.3 is 0 Å². The van der Waals surface area contributed by atoms with Gasteiger partial charge in [0.15, 0.2) is 5.75 Å². The number of hydrogen-bond acceptors (Lipinski definition) is 0. The first kappa shape index (κ1) is 8.41. The minimum atomic E-state index is 0.0735. The molecule has 1 radical (unpaired) electrons. The largest absolute Gasteiger partial charge is 0.290 e. The van der Waals surface area contributed by atoms with Gasteiger partial charge in [0.25, 0.3) is 0 Å². The quantitative estimate of drug-likeness (QED) is 0.612. The Balaban J connectivity index is 3.13. The van der Waals surface area contributed by atoms with Gasteiger partial charge in [-0.25, -0.2) is 0 Å². The van der Waals surface area contributed by atoms with E-state index in [1.807, 2.05) is 13.8 Å². The summed E-state index contributed by atoms with van der Waals surface area (Å²) in [5, 5.41) is 11.8. The lowest BCUT2D eigenvalue weighted by Gasteiger charge is -2.05. The second-order valence-corrected chi connectivity index (χ2v) is 3.27. The fourth-order valence-electron chi connectivity index (χ4n) is 0.971. The van der Waals surface area contributed by atoms with Crippen molar-refractivity contribution < 1.29 is 5.11 Å². The van der Waals surface area contributed by atoms with Crippen molar-refractivity contribution in [2.24, 2.45) is 0 Å². The van der Waals surface area contributed by atoms with Crippen molar-refractivity contribution in [3.63, 3.8) is 0 Å². The van der Waals surface area contributed by atoms with Crippen LogP contribution >= 0.6 is 11.6 Å². The standard InChI is InChI=1S/C9H10ClO/c1-6(2)8-5-7(10)3-4-9(8)11/h3-6H,1-2H3. The smallest absolute Gasteiger partial charge is 0.182 e. The Morgan fingerprint density at radius 2 is 2.00 bits per heavy atom. The van der Waals surface area contributed by atoms with E-state index in [0.717, 1.165) is 5.56 Å². The monoisotopic (exact) mass is 169 g/mol. The molecular formula is C9H10ClO. The third-order valence-electron chi connectivity index (χ3n) is 1.59. The predicted molar refractivity (Wildman–Crippen MR) is 45.7 cm³/mol. The minimum absolute atomic E-state index is 0.0735. The molecule has 0 spiro atoms. The molecule has 1 rings (SSSR count). The average Bonchev–Trinajstić information content (AvgIpc) is 1.94. The summed E-state index contributed by atoms with van der Waals surface area (Å²) >= 11 is 5.72. The highest BCUT2D eigenvalue weighted by atomic mass is 35.5. The van der Waals surface area contributed by atoms with Gasteiger partial charge in [-0.3, -0.25) is 5.11 Å². The maximum Gasteiger partial charge on any atom is 0.182 e. The molecule has 2 heteroatoms. The molecule has 1 nitrogen and oxygen atoms in total. The van der Waals surface area contributed by atoms with Crippen molar-refractivity contribution in [3.05, 3.63) is 28.8 Å². The summed E-state index contributed by atoms with van der Waals surface area (Å²) in [7, 11) is 0. The molecular weight excluding hydrogens is 160 g/mol. The second kappa shape index (κ2) is 3.14. The summed E-state index contributed by atoms with van der Waals surface area (Å²) in [6.45, 7) is 3.96. The molecule has 1 aromatic rings. The number of rotatable bonds is 1. The molecule has 0 bridgehead atoms. The zero-order valence-corrected chi connectivity index (χ0v) is 7.35. The Hall–Kier alpha value is -0.690. The van der Waals surface area contributed by atoms with Crippen LogP contribution in [-0.4, -0.2) is 0 Å². The van der Waals surface area contributed by atoms with Crippen LogP contribution in [0.1, 0.15) is 25.3 Å². The van der Waals surface area contributed by atoms with Crippen LogP contribution in [0.5, 0.6) is 5.75 Å². The molecule has 0 atom stereocenters. The number of hydrogen-bond donors (Lipinski definition) is 0. The predicted octanol–water partition coefficient (Wildman–Crippen LogP) is 3.61. The molecule has 0 aromatic heterocycles. The lowest BCUT2D eigenvalue weighted by molar-refractivity contribution is 0.348. The highest BCUT2D eigenvalue weighted by Crippen LogP contribution is 2.28. The molecule has 0 amide bonds. The van der Waals surface area contributed by atoms with Crippen molar-refractivity contribution in [3.8, 4) is 5.75 Å². The van der Waals surface area contributed by atoms with E-state index < -0.39 is 0 Å². The van der Waals surface area contributed by atoms with E-state index in [9.17, 15) is 5.11 Å². The molecule has 0 aliphatic rings. The fourth-order valence-corrected chi connectivity index (χ4v) is 1.15. The van der Waals surface area contributed by atoms with Crippen LogP contribution in [-0.2, 0) is 5.11 Å². The maximum absolute atomic E-state index is 11.2. The van der Waals surface area contributed by atoms with Crippen molar-refractivity contribution in [2.75, 3.05) is 0 Å². The van der Waals surface area contributed by atoms with Gasteiger partial charge in [0.1, 0.15) is 0 Å². The van der Waals surface area contributed by atoms with E-state index in [4.69, 9.17) is 11.6 Å². The lowest BCUT2D eigenvalue weighted by Crippen LogP contribution is -1.86. The van der Waals surface area contributed by atoms with Crippen molar-refractivity contribution in [1.29, 1.82) is 0 Å². The highest BCUT2D eigenvalue weighted by Gasteiger charge is 2.06. The normalized spacial score (nSPS) is 10.5. The van der Waals surface area contributed by atoms with Crippen LogP contribution in [0.4, 0.5) is 0 Å². The second-order valence-electron chi connectivity index (χ2n) is 2.84. The average molecular weight is 170 g/mol. The SMILES string of the molecule is CC(C)c1cc(Cl)ccc1[O]. The number of halogens is 1. The summed E-state index contributed by atoms with van der Waals surface area (Å²) < 4.78 is 0. The van der Waals surface area contributed by atoms with E-state index in [-0.39, 0.29) is 11.7 Å². The molecule has 0 saturated carbocycles. The first-order valence-corrected chi connectivity index (χ1v) is 3.95. The van der Waals surface area contributed by atoms with Gasteiger partial charge in [-0.1, -0.05) is 25.4 Å². The summed E-state index contributed by atoms with van der Waals surface area (Å²) in [5.74, 6) is 0.325. The van der Waals surface area contributed by atoms with E-state index >= 15 is 0 Å². The molecule has 59 valence electrons. The van der Waals surface area contributed by atoms with Crippen molar-refractivity contribution in [1.82, 2.24) is 0 Å². The van der Waals surface area contributed by atoms with Gasteiger partial charge in [-0.05, 0) is 24.1 Å². The lowest BCUT2D eigenvalue weighted by atomic mass is 10.0. The fraction of sp³-hybridized carbons (Fsp3) is 0.333. The first-order chi connectivity index (χ1) is 5.11. The molecule has 11 heavy (non-hydrogen) atoms. The summed E-state index contributed by atoms with van der Waals surface area (Å²) in [6, 6.07) is 4.86. The van der Waals surface area contributed by atoms with E-state index in [2.05, 4.69) is 0 Å². The Kier molecular flexibility index (Phi) is 2.40. The molecule has 0 aliphatic heterocycles. The highest BCUT2D eigenvalue weighted by molar-refractivity contribution is 6.30. The van der Waals surface area contributed by atoms with Crippen LogP contribution in [0.2, 0.25) is 5.02 Å². The van der Waals surface area contributed by atoms with Crippen LogP contribution < -0.4 is 0 Å². The maximum atomic E-state index is 11.2. The van der Waals surface area contributed by atoms with Crippen LogP contribution in [0, 0.1) is 0 Å². The van der Waals surface area contributed by atoms with E-state index in [1.165, 1.54) is 6.07 Å². The molecule has 0 unspecified atom stereocenters. The zero-order valence-electron chi connectivity index (χ0n) is 6.60. The summed E-state index contributed by atoms with van der Waals surface area (Å²) in [5.41, 5.74) is 0.789. The van der Waals surface area contributed by atoms with Gasteiger partial charge in [-0.15, -0.1) is 0 Å². The molecule has 1 aromatic carbocycles. The third kappa shape index (κ3) is 1.87. The Bertz CT molecular complexity index is 256. The minimum Gasteiger partial charge on any atom is -0.290 e. The van der Waals surface area contributed by atoms with Gasteiger partial charge in [0, 0.05) is 10.6 Å². The topological polar surface area (TPSA) is 19.9 Å². The van der Waals surface area contributed by atoms with Gasteiger partial charge < -0.3 is 0 Å². The van der Waals surface area contributed by atoms with Crippen LogP contribution in [0.15, 0.2) is 18.2 Å². The first-order valence-electron chi connectivity index (χ1n) is 3.57. The Morgan fingerprint density at radius 1 is 1.36 bits per heavy atom. The van der Waals surface area contributed by atoms with Gasteiger partial charge in [0.05, 0.1) is 0 Å². The van der Waals surface area contributed by atoms with E-state index in [1.54, 1.807) is 12.1 Å². The summed E-state index contributed by atoms with van der Waals surface area (Å²) in [6.07, 6.45) is 0. The third-order valence-corrected chi connectivity index (χ3v) is 1.83. The molecule has 0 fully saturated rings. The van der Waals surface area contributed by atoms with Crippen molar-refractivity contribution in [2.45, 2.75) is 19.8 Å². The molecule has 0 aliphatic carbocycles.